The van der Waals surface area contributed by atoms with Crippen LogP contribution in [0.1, 0.15) is 12.8 Å². The first kappa shape index (κ1) is 8.42. The van der Waals surface area contributed by atoms with Gasteiger partial charge in [-0.1, -0.05) is 0 Å². The Labute approximate surface area is 57.3 Å². The molecular formula is C4H8N2O2S. The number of nitroso groups, excluding NO2 is 1. The van der Waals surface area contributed by atoms with Gasteiger partial charge in [0, 0.05) is 28.7 Å². The fourth-order valence-corrected chi connectivity index (χ4v) is 0.696. The average molecular weight is 148 g/mol. The van der Waals surface area contributed by atoms with Crippen LogP contribution in [0, 0.1) is 4.91 Å². The van der Waals surface area contributed by atoms with E-state index in [2.05, 4.69) is 4.58 Å². The van der Waals surface area contributed by atoms with Crippen LogP contribution in [0.25, 0.3) is 0 Å². The maximum absolute atomic E-state index is 10.1. The predicted octanol–water partition coefficient (Wildman–Crippen LogP) is 0.666. The Balaban J connectivity index is 2.91. The Morgan fingerprint density at radius 2 is 2.33 bits per heavy atom. The Hall–Kier alpha value is -0.580. The molecule has 0 saturated carbocycles. The lowest BCUT2D eigenvalue weighted by molar-refractivity contribution is -0.118. The maximum Gasteiger partial charge on any atom is 0.217 e. The molecule has 4 nitrogen and oxygen atoms in total. The van der Waals surface area contributed by atoms with E-state index in [-0.39, 0.29) is 5.91 Å². The van der Waals surface area contributed by atoms with Crippen LogP contribution >= 0.6 is 11.9 Å². The van der Waals surface area contributed by atoms with Crippen LogP contribution < -0.4 is 5.73 Å². The number of primary amides is 1. The average Bonchev–Trinajstić information content (AvgIpc) is 1.80. The summed E-state index contributed by atoms with van der Waals surface area (Å²) >= 11 is 0.912. The van der Waals surface area contributed by atoms with Gasteiger partial charge >= 0.3 is 0 Å². The van der Waals surface area contributed by atoms with Crippen molar-refractivity contribution in [3.05, 3.63) is 4.91 Å². The van der Waals surface area contributed by atoms with E-state index in [9.17, 15) is 9.70 Å². The van der Waals surface area contributed by atoms with Gasteiger partial charge in [-0.3, -0.25) is 4.79 Å². The zero-order valence-corrected chi connectivity index (χ0v) is 5.69. The van der Waals surface area contributed by atoms with Crippen molar-refractivity contribution in [3.8, 4) is 0 Å². The summed E-state index contributed by atoms with van der Waals surface area (Å²) in [5.41, 5.74) is 4.82. The second kappa shape index (κ2) is 5.55. The number of amides is 1. The molecule has 5 heteroatoms. The third-order valence-corrected chi connectivity index (χ3v) is 1.29. The molecule has 0 bridgehead atoms. The molecule has 0 aromatic heterocycles. The van der Waals surface area contributed by atoms with Gasteiger partial charge in [0.25, 0.3) is 0 Å². The van der Waals surface area contributed by atoms with Gasteiger partial charge in [-0.05, 0) is 6.42 Å². The molecule has 0 spiro atoms. The van der Waals surface area contributed by atoms with Gasteiger partial charge in [-0.25, -0.2) is 0 Å². The summed E-state index contributed by atoms with van der Waals surface area (Å²) in [6.45, 7) is 0. The molecule has 0 aliphatic rings. The normalized spacial score (nSPS) is 8.89. The van der Waals surface area contributed by atoms with Crippen molar-refractivity contribution in [2.24, 2.45) is 10.3 Å². The van der Waals surface area contributed by atoms with E-state index >= 15 is 0 Å². The van der Waals surface area contributed by atoms with Crippen molar-refractivity contribution in [1.82, 2.24) is 0 Å². The van der Waals surface area contributed by atoms with Gasteiger partial charge in [0.15, 0.2) is 0 Å². The standard InChI is InChI=1S/C4H8N2O2S/c5-4(7)2-1-3-9-6-8/h1-3H2,(H2,5,7). The Bertz CT molecular complexity index is 107. The van der Waals surface area contributed by atoms with Crippen LogP contribution in [0.15, 0.2) is 4.58 Å². The quantitative estimate of drug-likeness (QED) is 0.353. The zero-order chi connectivity index (χ0) is 7.11. The number of rotatable bonds is 5. The highest BCUT2D eigenvalue weighted by Gasteiger charge is 1.93. The summed E-state index contributed by atoms with van der Waals surface area (Å²) in [4.78, 5) is 19.5. The molecule has 0 radical (unpaired) electrons. The fourth-order valence-electron chi connectivity index (χ4n) is 0.348. The topological polar surface area (TPSA) is 72.5 Å². The van der Waals surface area contributed by atoms with Gasteiger partial charge in [0.2, 0.25) is 5.91 Å². The first-order chi connectivity index (χ1) is 4.27. The van der Waals surface area contributed by atoms with Crippen molar-refractivity contribution in [2.75, 3.05) is 5.75 Å². The number of hydrogen-bond donors (Lipinski definition) is 1. The van der Waals surface area contributed by atoms with E-state index in [4.69, 9.17) is 5.73 Å². The van der Waals surface area contributed by atoms with Crippen molar-refractivity contribution in [2.45, 2.75) is 12.8 Å². The van der Waals surface area contributed by atoms with E-state index in [0.29, 0.717) is 18.6 Å². The molecule has 0 heterocycles. The molecule has 0 aromatic rings. The number of carbonyl (C=O) groups excluding carboxylic acids is 1. The van der Waals surface area contributed by atoms with E-state index in [0.717, 1.165) is 11.9 Å². The second-order valence-corrected chi connectivity index (χ2v) is 2.29. The summed E-state index contributed by atoms with van der Waals surface area (Å²) in [7, 11) is 0. The lowest BCUT2D eigenvalue weighted by Gasteiger charge is -1.89. The van der Waals surface area contributed by atoms with Gasteiger partial charge in [-0.15, -0.1) is 4.91 Å². The van der Waals surface area contributed by atoms with E-state index in [1.807, 2.05) is 0 Å². The SMILES string of the molecule is NC(=O)CCCSN=O. The Morgan fingerprint density at radius 3 is 2.78 bits per heavy atom. The minimum absolute atomic E-state index is 0.332. The summed E-state index contributed by atoms with van der Waals surface area (Å²) < 4.78 is 2.55. The minimum Gasteiger partial charge on any atom is -0.370 e. The van der Waals surface area contributed by atoms with E-state index in [1.54, 1.807) is 0 Å². The smallest absolute Gasteiger partial charge is 0.217 e. The summed E-state index contributed by atoms with van der Waals surface area (Å²) in [6, 6.07) is 0. The van der Waals surface area contributed by atoms with Crippen LogP contribution in [0.2, 0.25) is 0 Å². The van der Waals surface area contributed by atoms with Gasteiger partial charge < -0.3 is 5.73 Å². The van der Waals surface area contributed by atoms with Crippen molar-refractivity contribution in [1.29, 1.82) is 0 Å². The van der Waals surface area contributed by atoms with Crippen LogP contribution in [-0.2, 0) is 4.79 Å². The second-order valence-electron chi connectivity index (χ2n) is 1.48. The first-order valence-electron chi connectivity index (χ1n) is 2.50. The highest BCUT2D eigenvalue weighted by atomic mass is 32.2. The van der Waals surface area contributed by atoms with Gasteiger partial charge in [0.1, 0.15) is 0 Å². The van der Waals surface area contributed by atoms with Crippen molar-refractivity contribution >= 4 is 17.9 Å². The molecule has 0 fully saturated rings. The minimum atomic E-state index is -0.332. The highest BCUT2D eigenvalue weighted by Crippen LogP contribution is 2.03. The third kappa shape index (κ3) is 7.42. The number of nitrogens with two attached hydrogens (primary N) is 1. The number of hydrogen-bond acceptors (Lipinski definition) is 4. The monoisotopic (exact) mass is 148 g/mol. The van der Waals surface area contributed by atoms with E-state index < -0.39 is 0 Å². The van der Waals surface area contributed by atoms with Crippen LogP contribution in [0.4, 0.5) is 0 Å². The molecule has 0 saturated heterocycles. The molecule has 0 aliphatic heterocycles. The fraction of sp³-hybridized carbons (Fsp3) is 0.750. The molecule has 0 aliphatic carbocycles. The first-order valence-corrected chi connectivity index (χ1v) is 3.44. The summed E-state index contributed by atoms with van der Waals surface area (Å²) in [5, 5.41) is 0. The lowest BCUT2D eigenvalue weighted by atomic mass is 10.3. The van der Waals surface area contributed by atoms with E-state index in [1.165, 1.54) is 0 Å². The van der Waals surface area contributed by atoms with Gasteiger partial charge in [-0.2, -0.15) is 0 Å². The van der Waals surface area contributed by atoms with Crippen LogP contribution in [-0.4, -0.2) is 11.7 Å². The molecule has 0 unspecified atom stereocenters. The molecule has 2 N–H and O–H groups in total. The predicted molar refractivity (Wildman–Crippen MR) is 36.7 cm³/mol. The van der Waals surface area contributed by atoms with Crippen molar-refractivity contribution < 1.29 is 4.79 Å². The molecule has 52 valence electrons. The highest BCUT2D eigenvalue weighted by molar-refractivity contribution is 7.97. The third-order valence-electron chi connectivity index (χ3n) is 0.712. The molecule has 1 amide bonds. The molecule has 9 heavy (non-hydrogen) atoms. The summed E-state index contributed by atoms with van der Waals surface area (Å²) in [5.74, 6) is 0.244. The Morgan fingerprint density at radius 1 is 1.67 bits per heavy atom. The zero-order valence-electron chi connectivity index (χ0n) is 4.87. The molecular weight excluding hydrogens is 140 g/mol. The molecule has 0 aromatic carbocycles. The molecule has 0 rings (SSSR count). The largest absolute Gasteiger partial charge is 0.370 e. The Kier molecular flexibility index (Phi) is 5.20. The van der Waals surface area contributed by atoms with Crippen LogP contribution in [0.5, 0.6) is 0 Å². The van der Waals surface area contributed by atoms with Gasteiger partial charge in [0.05, 0.1) is 0 Å². The van der Waals surface area contributed by atoms with Crippen LogP contribution in [0.3, 0.4) is 0 Å². The lowest BCUT2D eigenvalue weighted by Crippen LogP contribution is -2.09. The van der Waals surface area contributed by atoms with Crippen molar-refractivity contribution in [3.63, 3.8) is 0 Å². The summed E-state index contributed by atoms with van der Waals surface area (Å²) in [6.07, 6.45) is 0.967. The number of nitrogens with zero attached hydrogens (tertiary/aromatic N) is 1. The maximum atomic E-state index is 10.1. The number of carbonyl (C=O) groups is 1. The molecule has 0 atom stereocenters.